The molecule has 0 unspecified atom stereocenters. The molecule has 0 aliphatic heterocycles. The van der Waals surface area contributed by atoms with Crippen molar-refractivity contribution in [2.24, 2.45) is 0 Å². The van der Waals surface area contributed by atoms with Gasteiger partial charge in [0.15, 0.2) is 5.82 Å². The summed E-state index contributed by atoms with van der Waals surface area (Å²) in [4.78, 5) is 29.8. The first kappa shape index (κ1) is 22.1. The maximum atomic E-state index is 13.2. The predicted molar refractivity (Wildman–Crippen MR) is 121 cm³/mol. The molecule has 0 radical (unpaired) electrons. The van der Waals surface area contributed by atoms with E-state index in [1.54, 1.807) is 49.1 Å². The molecule has 30 heavy (non-hydrogen) atoms. The first-order valence-electron chi connectivity index (χ1n) is 8.88. The highest BCUT2D eigenvalue weighted by Gasteiger charge is 2.22. The van der Waals surface area contributed by atoms with Crippen LogP contribution in [0.15, 0.2) is 36.5 Å². The number of thioether (sulfide) groups is 1. The van der Waals surface area contributed by atoms with E-state index in [1.165, 1.54) is 17.8 Å². The average Bonchev–Trinajstić information content (AvgIpc) is 3.13. The number of pyridine rings is 1. The summed E-state index contributed by atoms with van der Waals surface area (Å²) in [7, 11) is 1.51. The number of nitrogens with one attached hydrogen (secondary N) is 2. The van der Waals surface area contributed by atoms with Crippen LogP contribution in [-0.4, -0.2) is 39.9 Å². The number of carbonyl (C=O) groups is 2. The minimum Gasteiger partial charge on any atom is -0.355 e. The molecule has 0 bridgehead atoms. The lowest BCUT2D eigenvalue weighted by molar-refractivity contribution is 0.0964. The number of aromatic nitrogens is 3. The summed E-state index contributed by atoms with van der Waals surface area (Å²) in [5, 5.41) is 10.6. The van der Waals surface area contributed by atoms with E-state index in [-0.39, 0.29) is 17.2 Å². The van der Waals surface area contributed by atoms with Gasteiger partial charge in [0.05, 0.1) is 22.0 Å². The highest BCUT2D eigenvalue weighted by atomic mass is 35.5. The maximum absolute atomic E-state index is 13.2. The van der Waals surface area contributed by atoms with E-state index in [9.17, 15) is 9.59 Å². The third-order valence-corrected chi connectivity index (χ3v) is 5.33. The molecule has 0 saturated heterocycles. The second-order valence-electron chi connectivity index (χ2n) is 6.35. The molecule has 7 nitrogen and oxygen atoms in total. The molecule has 0 spiro atoms. The van der Waals surface area contributed by atoms with Gasteiger partial charge in [-0.3, -0.25) is 9.59 Å². The van der Waals surface area contributed by atoms with E-state index in [0.29, 0.717) is 38.6 Å². The number of halogens is 2. The SMILES string of the molecule is CNC(=O)c1cc(Cl)cc(C)c1NC(=O)c1cc(CSC)nn1-c1ncccc1Cl. The smallest absolute Gasteiger partial charge is 0.274 e. The standard InChI is InChI=1S/C20H19Cl2N5O2S/c1-11-7-12(21)8-14(19(28)23-2)17(11)25-20(29)16-9-13(10-30-3)26-27(16)18-15(22)5-4-6-24-18/h4-9H,10H2,1-3H3,(H,23,28)(H,25,29). The summed E-state index contributed by atoms with van der Waals surface area (Å²) in [5.41, 5.74) is 2.24. The Morgan fingerprint density at radius 2 is 1.97 bits per heavy atom. The molecular formula is C20H19Cl2N5O2S. The van der Waals surface area contributed by atoms with Crippen LogP contribution in [0.3, 0.4) is 0 Å². The molecule has 2 amide bonds. The van der Waals surface area contributed by atoms with Crippen molar-refractivity contribution in [3.63, 3.8) is 0 Å². The van der Waals surface area contributed by atoms with Crippen LogP contribution in [0.2, 0.25) is 10.0 Å². The first-order valence-corrected chi connectivity index (χ1v) is 11.0. The summed E-state index contributed by atoms with van der Waals surface area (Å²) in [5.74, 6) is 0.143. The third-order valence-electron chi connectivity index (χ3n) is 4.24. The molecule has 0 atom stereocenters. The minimum atomic E-state index is -0.452. The summed E-state index contributed by atoms with van der Waals surface area (Å²) < 4.78 is 1.41. The normalized spacial score (nSPS) is 10.7. The van der Waals surface area contributed by atoms with Crippen LogP contribution in [0.1, 0.15) is 32.1 Å². The number of aryl methyl sites for hydroxylation is 1. The molecule has 2 N–H and O–H groups in total. The zero-order valence-electron chi connectivity index (χ0n) is 16.5. The lowest BCUT2D eigenvalue weighted by Gasteiger charge is -2.14. The zero-order chi connectivity index (χ0) is 21.8. The Kier molecular flexibility index (Phi) is 7.02. The molecule has 2 aromatic heterocycles. The van der Waals surface area contributed by atoms with Crippen LogP contribution in [0.25, 0.3) is 5.82 Å². The van der Waals surface area contributed by atoms with Crippen LogP contribution in [0.4, 0.5) is 5.69 Å². The number of carbonyl (C=O) groups excluding carboxylic acids is 2. The molecule has 2 heterocycles. The number of amides is 2. The molecule has 3 rings (SSSR count). The fraction of sp³-hybridized carbons (Fsp3) is 0.200. The first-order chi connectivity index (χ1) is 14.3. The molecule has 0 fully saturated rings. The van der Waals surface area contributed by atoms with Crippen LogP contribution in [0, 0.1) is 6.92 Å². The quantitative estimate of drug-likeness (QED) is 0.566. The minimum absolute atomic E-state index is 0.247. The number of nitrogens with zero attached hydrogens (tertiary/aromatic N) is 3. The van der Waals surface area contributed by atoms with Gasteiger partial charge < -0.3 is 10.6 Å². The van der Waals surface area contributed by atoms with Gasteiger partial charge in [-0.05, 0) is 49.1 Å². The summed E-state index contributed by atoms with van der Waals surface area (Å²) in [6, 6.07) is 8.24. The van der Waals surface area contributed by atoms with Crippen molar-refractivity contribution in [3.05, 3.63) is 69.1 Å². The average molecular weight is 464 g/mol. The lowest BCUT2D eigenvalue weighted by atomic mass is 10.1. The van der Waals surface area contributed by atoms with Crippen molar-refractivity contribution in [1.29, 1.82) is 0 Å². The summed E-state index contributed by atoms with van der Waals surface area (Å²) in [6.07, 6.45) is 3.52. The number of hydrogen-bond donors (Lipinski definition) is 2. The van der Waals surface area contributed by atoms with E-state index in [1.807, 2.05) is 6.26 Å². The Hall–Kier alpha value is -2.55. The van der Waals surface area contributed by atoms with Crippen LogP contribution < -0.4 is 10.6 Å². The van der Waals surface area contributed by atoms with Crippen LogP contribution >= 0.6 is 35.0 Å². The molecule has 0 aliphatic rings. The van der Waals surface area contributed by atoms with Crippen LogP contribution in [-0.2, 0) is 5.75 Å². The molecule has 10 heteroatoms. The van der Waals surface area contributed by atoms with Gasteiger partial charge in [0, 0.05) is 24.0 Å². The molecule has 3 aromatic rings. The Labute approximate surface area is 188 Å². The summed E-state index contributed by atoms with van der Waals surface area (Å²) in [6.45, 7) is 1.76. The van der Waals surface area contributed by atoms with Gasteiger partial charge >= 0.3 is 0 Å². The Morgan fingerprint density at radius 1 is 1.20 bits per heavy atom. The Morgan fingerprint density at radius 3 is 2.63 bits per heavy atom. The van der Waals surface area contributed by atoms with Crippen molar-refractivity contribution in [2.45, 2.75) is 12.7 Å². The van der Waals surface area contributed by atoms with Gasteiger partial charge in [-0.15, -0.1) is 0 Å². The van der Waals surface area contributed by atoms with Crippen molar-refractivity contribution in [1.82, 2.24) is 20.1 Å². The number of hydrogen-bond acceptors (Lipinski definition) is 5. The van der Waals surface area contributed by atoms with Gasteiger partial charge in [0.2, 0.25) is 0 Å². The maximum Gasteiger partial charge on any atom is 0.274 e. The van der Waals surface area contributed by atoms with Gasteiger partial charge in [-0.1, -0.05) is 23.2 Å². The molecular weight excluding hydrogens is 445 g/mol. The molecule has 0 saturated carbocycles. The van der Waals surface area contributed by atoms with E-state index in [2.05, 4.69) is 20.7 Å². The highest BCUT2D eigenvalue weighted by Crippen LogP contribution is 2.27. The van der Waals surface area contributed by atoms with E-state index >= 15 is 0 Å². The highest BCUT2D eigenvalue weighted by molar-refractivity contribution is 7.97. The monoisotopic (exact) mass is 463 g/mol. The van der Waals surface area contributed by atoms with Crippen molar-refractivity contribution in [3.8, 4) is 5.82 Å². The largest absolute Gasteiger partial charge is 0.355 e. The van der Waals surface area contributed by atoms with Crippen LogP contribution in [0.5, 0.6) is 0 Å². The fourth-order valence-electron chi connectivity index (χ4n) is 2.91. The Bertz CT molecular complexity index is 1120. The summed E-state index contributed by atoms with van der Waals surface area (Å²) >= 11 is 14.0. The molecule has 156 valence electrons. The van der Waals surface area contributed by atoms with Crippen molar-refractivity contribution >= 4 is 52.5 Å². The van der Waals surface area contributed by atoms with Gasteiger partial charge in [0.1, 0.15) is 5.69 Å². The number of benzene rings is 1. The zero-order valence-corrected chi connectivity index (χ0v) is 18.8. The number of anilines is 1. The second kappa shape index (κ2) is 9.51. The van der Waals surface area contributed by atoms with Crippen molar-refractivity contribution in [2.75, 3.05) is 18.6 Å². The van der Waals surface area contributed by atoms with Gasteiger partial charge in [-0.25, -0.2) is 9.67 Å². The third kappa shape index (κ3) is 4.61. The molecule has 0 aliphatic carbocycles. The molecule has 1 aromatic carbocycles. The predicted octanol–water partition coefficient (Wildman–Crippen LogP) is 4.36. The van der Waals surface area contributed by atoms with Gasteiger partial charge in [-0.2, -0.15) is 16.9 Å². The van der Waals surface area contributed by atoms with Gasteiger partial charge in [0.25, 0.3) is 11.8 Å². The Balaban J connectivity index is 2.07. The van der Waals surface area contributed by atoms with E-state index < -0.39 is 5.91 Å². The van der Waals surface area contributed by atoms with E-state index in [4.69, 9.17) is 23.2 Å². The van der Waals surface area contributed by atoms with E-state index in [0.717, 1.165) is 0 Å². The fourth-order valence-corrected chi connectivity index (χ4v) is 3.82. The second-order valence-corrected chi connectivity index (χ2v) is 8.06. The topological polar surface area (TPSA) is 88.9 Å². The number of rotatable bonds is 6. The van der Waals surface area contributed by atoms with Crippen molar-refractivity contribution < 1.29 is 9.59 Å². The lowest BCUT2D eigenvalue weighted by Crippen LogP contribution is -2.23.